The van der Waals surface area contributed by atoms with Crippen LogP contribution >= 0.6 is 11.3 Å². The third kappa shape index (κ3) is 4.22. The van der Waals surface area contributed by atoms with Gasteiger partial charge in [0.05, 0.1) is 22.4 Å². The molecular weight excluding hydrogens is 474 g/mol. The predicted molar refractivity (Wildman–Crippen MR) is 137 cm³/mol. The maximum absolute atomic E-state index is 12.7. The van der Waals surface area contributed by atoms with Gasteiger partial charge in [-0.2, -0.15) is 0 Å². The number of carbonyl (C=O) groups is 1. The average Bonchev–Trinajstić information content (AvgIpc) is 3.39. The van der Waals surface area contributed by atoms with Crippen molar-refractivity contribution in [2.45, 2.75) is 75.8 Å². The van der Waals surface area contributed by atoms with Crippen LogP contribution in [-0.4, -0.2) is 50.3 Å². The second-order valence-corrected chi connectivity index (χ2v) is 12.0. The molecule has 5 aliphatic rings. The molecule has 5 saturated carbocycles. The van der Waals surface area contributed by atoms with Gasteiger partial charge in [-0.05, 0) is 74.5 Å². The molecule has 2 heterocycles. The quantitative estimate of drug-likeness (QED) is 0.426. The lowest BCUT2D eigenvalue weighted by Crippen LogP contribution is -2.66. The number of aliphatic hydroxyl groups excluding tert-OH is 1. The summed E-state index contributed by atoms with van der Waals surface area (Å²) >= 11 is 1.50. The van der Waals surface area contributed by atoms with Gasteiger partial charge in [0.15, 0.2) is 11.0 Å². The molecule has 3 N–H and O–H groups in total. The van der Waals surface area contributed by atoms with Crippen LogP contribution in [0.4, 0.5) is 5.13 Å². The molecule has 8 rings (SSSR count). The number of carbonyl (C=O) groups excluding carboxylic acids is 1. The van der Waals surface area contributed by atoms with Crippen LogP contribution in [0, 0.1) is 17.8 Å². The van der Waals surface area contributed by atoms with Crippen LogP contribution in [0.1, 0.15) is 50.8 Å². The molecule has 8 nitrogen and oxygen atoms in total. The molecule has 0 aliphatic heterocycles. The SMILES string of the molecule is O=C(Nc1nc2ccc(-c3cnc(CO[C@H]4CCC[C@@H]4O)nc3)cc2s1)C1CC(NC2C3CC2C3)C1. The van der Waals surface area contributed by atoms with E-state index in [0.717, 1.165) is 71.3 Å². The summed E-state index contributed by atoms with van der Waals surface area (Å²) in [6.07, 6.45) is 10.5. The van der Waals surface area contributed by atoms with E-state index in [4.69, 9.17) is 4.74 Å². The second-order valence-electron chi connectivity index (χ2n) is 11.0. The molecule has 9 heteroatoms. The lowest BCUT2D eigenvalue weighted by atomic mass is 9.51. The summed E-state index contributed by atoms with van der Waals surface area (Å²) in [7, 11) is 0. The van der Waals surface area contributed by atoms with Crippen molar-refractivity contribution in [2.24, 2.45) is 17.8 Å². The molecule has 0 radical (unpaired) electrons. The Labute approximate surface area is 213 Å². The van der Waals surface area contributed by atoms with E-state index in [0.29, 0.717) is 23.6 Å². The van der Waals surface area contributed by atoms with Crippen molar-refractivity contribution in [1.29, 1.82) is 0 Å². The Balaban J connectivity index is 0.947. The summed E-state index contributed by atoms with van der Waals surface area (Å²) in [5.41, 5.74) is 2.79. The lowest BCUT2D eigenvalue weighted by molar-refractivity contribution is -0.124. The van der Waals surface area contributed by atoms with E-state index in [1.807, 2.05) is 12.1 Å². The van der Waals surface area contributed by atoms with Crippen LogP contribution in [0.15, 0.2) is 30.6 Å². The highest BCUT2D eigenvalue weighted by atomic mass is 32.1. The Morgan fingerprint density at radius 2 is 1.89 bits per heavy atom. The van der Waals surface area contributed by atoms with Crippen LogP contribution in [0.3, 0.4) is 0 Å². The fourth-order valence-corrected chi connectivity index (χ4v) is 6.93. The van der Waals surface area contributed by atoms with E-state index < -0.39 is 0 Å². The molecule has 0 unspecified atom stereocenters. The summed E-state index contributed by atoms with van der Waals surface area (Å²) in [5, 5.41) is 17.3. The van der Waals surface area contributed by atoms with Gasteiger partial charge >= 0.3 is 0 Å². The van der Waals surface area contributed by atoms with Crippen molar-refractivity contribution in [3.05, 3.63) is 36.4 Å². The first-order valence-electron chi connectivity index (χ1n) is 13.2. The molecular formula is C27H31N5O3S. The highest BCUT2D eigenvalue weighted by Gasteiger charge is 2.53. The maximum atomic E-state index is 12.7. The number of aromatic nitrogens is 3. The van der Waals surface area contributed by atoms with Gasteiger partial charge in [0, 0.05) is 36.0 Å². The predicted octanol–water partition coefficient (Wildman–Crippen LogP) is 3.90. The number of rotatable bonds is 8. The Kier molecular flexibility index (Phi) is 5.76. The summed E-state index contributed by atoms with van der Waals surface area (Å²) < 4.78 is 6.80. The van der Waals surface area contributed by atoms with E-state index in [-0.39, 0.29) is 24.0 Å². The van der Waals surface area contributed by atoms with Crippen LogP contribution in [0.5, 0.6) is 0 Å². The molecule has 1 aromatic carbocycles. The number of anilines is 1. The fraction of sp³-hybridized carbons (Fsp3) is 0.556. The van der Waals surface area contributed by atoms with E-state index in [9.17, 15) is 9.90 Å². The fourth-order valence-electron chi connectivity index (χ4n) is 6.03. The third-order valence-electron chi connectivity index (χ3n) is 8.67. The van der Waals surface area contributed by atoms with E-state index >= 15 is 0 Å². The number of ether oxygens (including phenoxy) is 1. The number of aliphatic hydroxyl groups is 1. The molecule has 5 fully saturated rings. The smallest absolute Gasteiger partial charge is 0.229 e. The zero-order valence-electron chi connectivity index (χ0n) is 20.1. The zero-order valence-corrected chi connectivity index (χ0v) is 20.9. The Hall–Kier alpha value is -2.46. The van der Waals surface area contributed by atoms with Gasteiger partial charge < -0.3 is 20.5 Å². The van der Waals surface area contributed by atoms with Gasteiger partial charge in [-0.3, -0.25) is 4.79 Å². The van der Waals surface area contributed by atoms with Gasteiger partial charge in [0.25, 0.3) is 0 Å². The third-order valence-corrected chi connectivity index (χ3v) is 9.60. The molecule has 1 amide bonds. The molecule has 2 bridgehead atoms. The number of hydrogen-bond donors (Lipinski definition) is 3. The van der Waals surface area contributed by atoms with E-state index in [2.05, 4.69) is 31.7 Å². The molecule has 2 atom stereocenters. The molecule has 0 spiro atoms. The molecule has 188 valence electrons. The van der Waals surface area contributed by atoms with Crippen LogP contribution in [0.2, 0.25) is 0 Å². The summed E-state index contributed by atoms with van der Waals surface area (Å²) in [5.74, 6) is 2.59. The normalized spacial score (nSPS) is 32.5. The van der Waals surface area contributed by atoms with Gasteiger partial charge in [0.2, 0.25) is 5.91 Å². The number of fused-ring (bicyclic) bond motifs is 1. The molecule has 36 heavy (non-hydrogen) atoms. The highest BCUT2D eigenvalue weighted by molar-refractivity contribution is 7.22. The van der Waals surface area contributed by atoms with Gasteiger partial charge in [-0.1, -0.05) is 17.4 Å². The first-order valence-corrected chi connectivity index (χ1v) is 14.0. The monoisotopic (exact) mass is 505 g/mol. The Morgan fingerprint density at radius 1 is 1.08 bits per heavy atom. The highest BCUT2D eigenvalue weighted by Crippen LogP contribution is 2.54. The first-order chi connectivity index (χ1) is 17.6. The minimum absolute atomic E-state index is 0.0815. The zero-order chi connectivity index (χ0) is 24.2. The number of hydrogen-bond acceptors (Lipinski definition) is 8. The number of benzene rings is 1. The van der Waals surface area contributed by atoms with Crippen molar-refractivity contribution in [2.75, 3.05) is 5.32 Å². The second kappa shape index (κ2) is 9.13. The lowest BCUT2D eigenvalue weighted by Gasteiger charge is -2.60. The van der Waals surface area contributed by atoms with Crippen molar-refractivity contribution in [3.63, 3.8) is 0 Å². The minimum Gasteiger partial charge on any atom is -0.390 e. The molecule has 5 aliphatic carbocycles. The summed E-state index contributed by atoms with van der Waals surface area (Å²) in [6, 6.07) is 7.29. The standard InChI is InChI=1S/C27H31N5O3S/c33-21-2-1-3-22(21)35-13-24-28-11-18(12-29-24)14-4-5-20-23(10-14)36-27(31-20)32-26(34)17-8-19(9-17)30-25-15-6-16(25)7-15/h4-5,10-12,15-17,19,21-22,25,30,33H,1-3,6-9,13H2,(H,31,32,34)/t15?,16?,17?,19?,21-,22-,25?/m0/s1. The van der Waals surface area contributed by atoms with Crippen LogP contribution in [0.25, 0.3) is 21.3 Å². The summed E-state index contributed by atoms with van der Waals surface area (Å²) in [4.78, 5) is 26.2. The maximum Gasteiger partial charge on any atom is 0.229 e. The van der Waals surface area contributed by atoms with Crippen molar-refractivity contribution in [1.82, 2.24) is 20.3 Å². The number of nitrogens with one attached hydrogen (secondary N) is 2. The van der Waals surface area contributed by atoms with Crippen molar-refractivity contribution < 1.29 is 14.6 Å². The van der Waals surface area contributed by atoms with Crippen molar-refractivity contribution >= 4 is 32.6 Å². The number of amides is 1. The molecule has 3 aromatic rings. The van der Waals surface area contributed by atoms with Gasteiger partial charge in [-0.25, -0.2) is 15.0 Å². The van der Waals surface area contributed by atoms with Crippen LogP contribution in [-0.2, 0) is 16.1 Å². The topological polar surface area (TPSA) is 109 Å². The van der Waals surface area contributed by atoms with E-state index in [1.54, 1.807) is 12.4 Å². The average molecular weight is 506 g/mol. The van der Waals surface area contributed by atoms with Crippen LogP contribution < -0.4 is 10.6 Å². The van der Waals surface area contributed by atoms with Gasteiger partial charge in [0.1, 0.15) is 6.61 Å². The van der Waals surface area contributed by atoms with E-state index in [1.165, 1.54) is 24.2 Å². The number of nitrogens with zero attached hydrogens (tertiary/aromatic N) is 3. The summed E-state index contributed by atoms with van der Waals surface area (Å²) in [6.45, 7) is 0.304. The largest absolute Gasteiger partial charge is 0.390 e. The Bertz CT molecular complexity index is 1260. The minimum atomic E-state index is -0.380. The molecule has 0 saturated heterocycles. The Morgan fingerprint density at radius 3 is 2.58 bits per heavy atom. The van der Waals surface area contributed by atoms with Crippen molar-refractivity contribution in [3.8, 4) is 11.1 Å². The van der Waals surface area contributed by atoms with Gasteiger partial charge in [-0.15, -0.1) is 0 Å². The molecule has 2 aromatic heterocycles. The number of thiazole rings is 1. The first kappa shape index (κ1) is 22.7.